The van der Waals surface area contributed by atoms with Crippen molar-refractivity contribution >= 4 is 16.3 Å². The molecular formula is C18H18N2S. The van der Waals surface area contributed by atoms with Crippen molar-refractivity contribution in [3.63, 3.8) is 0 Å². The van der Waals surface area contributed by atoms with E-state index in [1.54, 1.807) is 11.3 Å². The zero-order valence-electron chi connectivity index (χ0n) is 12.5. The van der Waals surface area contributed by atoms with Crippen molar-refractivity contribution in [1.29, 1.82) is 0 Å². The lowest BCUT2D eigenvalue weighted by Crippen LogP contribution is -1.92. The van der Waals surface area contributed by atoms with E-state index in [0.29, 0.717) is 0 Å². The average Bonchev–Trinajstić information content (AvgIpc) is 2.86. The van der Waals surface area contributed by atoms with Crippen molar-refractivity contribution in [3.05, 3.63) is 59.2 Å². The summed E-state index contributed by atoms with van der Waals surface area (Å²) in [5.74, 6) is 0. The first-order chi connectivity index (χ1) is 10.1. The molecule has 0 aliphatic heterocycles. The minimum atomic E-state index is 0.778. The largest absolute Gasteiger partial charge is 0.389 e. The van der Waals surface area contributed by atoms with Gasteiger partial charge in [-0.15, -0.1) is 0 Å². The molecule has 0 atom stereocenters. The van der Waals surface area contributed by atoms with Crippen molar-refractivity contribution in [1.82, 2.24) is 4.98 Å². The number of rotatable bonds is 2. The lowest BCUT2D eigenvalue weighted by atomic mass is 9.99. The summed E-state index contributed by atoms with van der Waals surface area (Å²) in [4.78, 5) is 4.78. The number of anilines is 1. The summed E-state index contributed by atoms with van der Waals surface area (Å²) in [6, 6.07) is 14.6. The van der Waals surface area contributed by atoms with E-state index in [-0.39, 0.29) is 0 Å². The van der Waals surface area contributed by atoms with Crippen LogP contribution in [-0.4, -0.2) is 4.98 Å². The molecule has 3 heteroatoms. The fourth-order valence-corrected chi connectivity index (χ4v) is 3.30. The summed E-state index contributed by atoms with van der Waals surface area (Å²) in [5.41, 5.74) is 13.2. The van der Waals surface area contributed by atoms with Gasteiger partial charge in [-0.05, 0) is 43.5 Å². The van der Waals surface area contributed by atoms with Gasteiger partial charge in [-0.25, -0.2) is 4.98 Å². The number of aryl methyl sites for hydroxylation is 3. The van der Waals surface area contributed by atoms with Gasteiger partial charge >= 0.3 is 0 Å². The Labute approximate surface area is 129 Å². The Morgan fingerprint density at radius 3 is 2.29 bits per heavy atom. The van der Waals surface area contributed by atoms with Crippen LogP contribution in [0, 0.1) is 20.8 Å². The first kappa shape index (κ1) is 13.8. The van der Waals surface area contributed by atoms with E-state index in [1.807, 2.05) is 18.2 Å². The second-order valence-corrected chi connectivity index (χ2v) is 6.38. The highest BCUT2D eigenvalue weighted by Crippen LogP contribution is 2.37. The molecule has 3 aromatic rings. The first-order valence-electron chi connectivity index (χ1n) is 6.96. The lowest BCUT2D eigenvalue weighted by Gasteiger charge is -2.08. The zero-order valence-corrected chi connectivity index (χ0v) is 13.3. The van der Waals surface area contributed by atoms with E-state index in [0.717, 1.165) is 26.8 Å². The number of hydrogen-bond acceptors (Lipinski definition) is 3. The molecule has 0 bridgehead atoms. The lowest BCUT2D eigenvalue weighted by molar-refractivity contribution is 1.28. The van der Waals surface area contributed by atoms with Crippen LogP contribution in [0.2, 0.25) is 0 Å². The van der Waals surface area contributed by atoms with Crippen LogP contribution in [0.25, 0.3) is 21.8 Å². The summed E-state index contributed by atoms with van der Waals surface area (Å²) in [5, 5.41) is 1.75. The monoisotopic (exact) mass is 294 g/mol. The second kappa shape index (κ2) is 5.34. The van der Waals surface area contributed by atoms with Crippen LogP contribution in [0.5, 0.6) is 0 Å². The van der Waals surface area contributed by atoms with Gasteiger partial charge in [-0.1, -0.05) is 47.7 Å². The molecule has 1 aromatic heterocycles. The summed E-state index contributed by atoms with van der Waals surface area (Å²) in [6.45, 7) is 6.37. The number of nitrogens with zero attached hydrogens (tertiary/aromatic N) is 1. The predicted molar refractivity (Wildman–Crippen MR) is 91.6 cm³/mol. The van der Waals surface area contributed by atoms with Gasteiger partial charge in [0.2, 0.25) is 0 Å². The Morgan fingerprint density at radius 2 is 1.57 bits per heavy atom. The molecule has 1 heterocycles. The maximum Gasteiger partial charge on any atom is 0.126 e. The third-order valence-corrected chi connectivity index (χ3v) is 4.70. The van der Waals surface area contributed by atoms with Gasteiger partial charge in [0.05, 0.1) is 0 Å². The van der Waals surface area contributed by atoms with Crippen LogP contribution < -0.4 is 5.73 Å². The molecule has 0 radical (unpaired) electrons. The zero-order chi connectivity index (χ0) is 15.0. The van der Waals surface area contributed by atoms with E-state index in [1.165, 1.54) is 16.7 Å². The number of thiazole rings is 1. The van der Waals surface area contributed by atoms with Gasteiger partial charge < -0.3 is 5.73 Å². The molecule has 2 aromatic carbocycles. The van der Waals surface area contributed by atoms with Crippen LogP contribution in [-0.2, 0) is 0 Å². The topological polar surface area (TPSA) is 38.9 Å². The molecule has 0 unspecified atom stereocenters. The number of nitrogens with two attached hydrogens (primary N) is 1. The highest BCUT2D eigenvalue weighted by Gasteiger charge is 2.14. The molecule has 2 nitrogen and oxygen atoms in total. The molecule has 106 valence electrons. The van der Waals surface area contributed by atoms with Crippen molar-refractivity contribution in [2.45, 2.75) is 20.8 Å². The molecule has 0 aliphatic carbocycles. The summed E-state index contributed by atoms with van der Waals surface area (Å²) < 4.78 is 0. The fraction of sp³-hybridized carbons (Fsp3) is 0.167. The molecule has 0 spiro atoms. The number of nitrogen functional groups attached to an aromatic ring is 1. The van der Waals surface area contributed by atoms with E-state index < -0.39 is 0 Å². The highest BCUT2D eigenvalue weighted by molar-refractivity contribution is 7.19. The third kappa shape index (κ3) is 2.57. The fourth-order valence-electron chi connectivity index (χ4n) is 2.44. The molecule has 2 N–H and O–H groups in total. The molecular weight excluding hydrogens is 276 g/mol. The van der Waals surface area contributed by atoms with E-state index >= 15 is 0 Å². The minimum Gasteiger partial charge on any atom is -0.389 e. The molecule has 0 amide bonds. The van der Waals surface area contributed by atoms with Gasteiger partial charge in [0, 0.05) is 11.1 Å². The Bertz CT molecular complexity index is 788. The standard InChI is InChI=1S/C18H18N2S/c1-11-9-13(3)15(10-12(11)2)16-17(19)21-18(20-16)14-7-5-4-6-8-14/h4-10H,19H2,1-3H3. The Morgan fingerprint density at radius 1 is 0.905 bits per heavy atom. The van der Waals surface area contributed by atoms with Crippen molar-refractivity contribution < 1.29 is 0 Å². The van der Waals surface area contributed by atoms with Crippen LogP contribution >= 0.6 is 11.3 Å². The van der Waals surface area contributed by atoms with Gasteiger partial charge in [0.1, 0.15) is 15.7 Å². The van der Waals surface area contributed by atoms with Crippen LogP contribution in [0.4, 0.5) is 5.00 Å². The van der Waals surface area contributed by atoms with Gasteiger partial charge in [-0.2, -0.15) is 0 Å². The average molecular weight is 294 g/mol. The number of benzene rings is 2. The molecule has 3 rings (SSSR count). The summed E-state index contributed by atoms with van der Waals surface area (Å²) in [6.07, 6.45) is 0. The van der Waals surface area contributed by atoms with E-state index in [4.69, 9.17) is 10.7 Å². The maximum absolute atomic E-state index is 6.22. The maximum atomic E-state index is 6.22. The Kier molecular flexibility index (Phi) is 3.52. The first-order valence-corrected chi connectivity index (χ1v) is 7.78. The van der Waals surface area contributed by atoms with Gasteiger partial charge in [0.25, 0.3) is 0 Å². The van der Waals surface area contributed by atoms with Crippen LogP contribution in [0.3, 0.4) is 0 Å². The number of hydrogen-bond donors (Lipinski definition) is 1. The molecule has 0 aliphatic rings. The Hall–Kier alpha value is -2.13. The number of aromatic nitrogens is 1. The van der Waals surface area contributed by atoms with Crippen molar-refractivity contribution in [2.75, 3.05) is 5.73 Å². The SMILES string of the molecule is Cc1cc(C)c(-c2nc(-c3ccccc3)sc2N)cc1C. The van der Waals surface area contributed by atoms with Crippen LogP contribution in [0.15, 0.2) is 42.5 Å². The summed E-state index contributed by atoms with van der Waals surface area (Å²) >= 11 is 1.55. The minimum absolute atomic E-state index is 0.778. The van der Waals surface area contributed by atoms with Crippen molar-refractivity contribution in [2.24, 2.45) is 0 Å². The summed E-state index contributed by atoms with van der Waals surface area (Å²) in [7, 11) is 0. The molecule has 0 saturated heterocycles. The second-order valence-electron chi connectivity index (χ2n) is 5.35. The predicted octanol–water partition coefficient (Wildman–Crippen LogP) is 4.98. The Balaban J connectivity index is 2.13. The molecule has 0 fully saturated rings. The highest BCUT2D eigenvalue weighted by atomic mass is 32.1. The normalized spacial score (nSPS) is 10.8. The van der Waals surface area contributed by atoms with Gasteiger partial charge in [-0.3, -0.25) is 0 Å². The van der Waals surface area contributed by atoms with E-state index in [9.17, 15) is 0 Å². The van der Waals surface area contributed by atoms with Crippen LogP contribution in [0.1, 0.15) is 16.7 Å². The molecule has 21 heavy (non-hydrogen) atoms. The third-order valence-electron chi connectivity index (χ3n) is 3.77. The molecule has 0 saturated carbocycles. The van der Waals surface area contributed by atoms with Gasteiger partial charge in [0.15, 0.2) is 0 Å². The van der Waals surface area contributed by atoms with Crippen molar-refractivity contribution in [3.8, 4) is 21.8 Å². The quantitative estimate of drug-likeness (QED) is 0.723. The smallest absolute Gasteiger partial charge is 0.126 e. The van der Waals surface area contributed by atoms with E-state index in [2.05, 4.69) is 45.0 Å².